The van der Waals surface area contributed by atoms with Gasteiger partial charge in [0.1, 0.15) is 11.7 Å². The summed E-state index contributed by atoms with van der Waals surface area (Å²) in [6.07, 6.45) is 3.70. The normalized spacial score (nSPS) is 15.0. The summed E-state index contributed by atoms with van der Waals surface area (Å²) in [7, 11) is 0. The molecule has 0 aliphatic carbocycles. The number of nitrogen functional groups attached to an aromatic ring is 1. The van der Waals surface area contributed by atoms with Crippen molar-refractivity contribution in [1.29, 1.82) is 5.41 Å². The molecule has 7 heteroatoms. The number of fused-ring (bicyclic) bond motifs is 1. The van der Waals surface area contributed by atoms with Gasteiger partial charge in [-0.25, -0.2) is 4.39 Å². The molecule has 0 saturated carbocycles. The minimum absolute atomic E-state index is 0.250. The molecule has 1 aliphatic rings. The molecule has 0 radical (unpaired) electrons. The Morgan fingerprint density at radius 2 is 1.93 bits per heavy atom. The second-order valence-corrected chi connectivity index (χ2v) is 8.34. The molecule has 0 unspecified atom stereocenters. The van der Waals surface area contributed by atoms with Gasteiger partial charge in [-0.15, -0.1) is 5.10 Å². The van der Waals surface area contributed by atoms with Gasteiger partial charge in [0.05, 0.1) is 11.3 Å². The van der Waals surface area contributed by atoms with Crippen LogP contribution in [0.15, 0.2) is 36.4 Å². The van der Waals surface area contributed by atoms with Gasteiger partial charge in [-0.1, -0.05) is 31.0 Å². The first kappa shape index (κ1) is 20.5. The third kappa shape index (κ3) is 4.10. The Morgan fingerprint density at radius 1 is 1.17 bits per heavy atom. The van der Waals surface area contributed by atoms with E-state index >= 15 is 0 Å². The number of amidine groups is 1. The highest BCUT2D eigenvalue weighted by atomic mass is 35.5. The molecule has 156 valence electrons. The van der Waals surface area contributed by atoms with E-state index in [1.165, 1.54) is 6.07 Å². The lowest BCUT2D eigenvalue weighted by Gasteiger charge is -2.33. The monoisotopic (exact) mass is 425 g/mol. The van der Waals surface area contributed by atoms with E-state index in [0.717, 1.165) is 54.4 Å². The molecular formula is C23H25ClFN5. The van der Waals surface area contributed by atoms with Crippen molar-refractivity contribution in [2.24, 2.45) is 5.92 Å². The zero-order valence-electron chi connectivity index (χ0n) is 17.0. The molecule has 1 fully saturated rings. The topological polar surface area (TPSA) is 78.9 Å². The fourth-order valence-corrected chi connectivity index (χ4v) is 4.30. The van der Waals surface area contributed by atoms with Crippen molar-refractivity contribution in [1.82, 2.24) is 15.1 Å². The van der Waals surface area contributed by atoms with Crippen LogP contribution >= 0.6 is 11.6 Å². The van der Waals surface area contributed by atoms with Gasteiger partial charge in [0.15, 0.2) is 5.82 Å². The summed E-state index contributed by atoms with van der Waals surface area (Å²) in [5, 5.41) is 19.1. The van der Waals surface area contributed by atoms with Gasteiger partial charge in [0.2, 0.25) is 0 Å². The Morgan fingerprint density at radius 3 is 2.67 bits per heavy atom. The van der Waals surface area contributed by atoms with Crippen molar-refractivity contribution >= 4 is 34.0 Å². The minimum atomic E-state index is -0.377. The van der Waals surface area contributed by atoms with Crippen LogP contribution < -0.4 is 5.73 Å². The number of benzene rings is 2. The number of hydrogen-bond acceptors (Lipinski definition) is 4. The molecule has 1 saturated heterocycles. The minimum Gasteiger partial charge on any atom is -0.382 e. The van der Waals surface area contributed by atoms with Gasteiger partial charge in [-0.05, 0) is 54.7 Å². The quantitative estimate of drug-likeness (QED) is 0.453. The van der Waals surface area contributed by atoms with Crippen LogP contribution in [-0.2, 0) is 6.42 Å². The highest BCUT2D eigenvalue weighted by molar-refractivity contribution is 6.31. The van der Waals surface area contributed by atoms with Crippen LogP contribution in [0, 0.1) is 17.1 Å². The standard InChI is InChI=1S/C23H25ClFN5/c1-2-14-7-9-30(10-8-14)23(27)19-11-15(3-6-20(19)25)12-21-18-13-16(24)4-5-17(18)22(26)29-28-21/h3-6,11,13-14,27H,2,7-10,12H2,1H3,(H2,26,29). The Bertz CT molecular complexity index is 1090. The van der Waals surface area contributed by atoms with E-state index in [1.807, 2.05) is 17.0 Å². The highest BCUT2D eigenvalue weighted by Gasteiger charge is 2.22. The summed E-state index contributed by atoms with van der Waals surface area (Å²) in [5.41, 5.74) is 7.86. The first-order valence-electron chi connectivity index (χ1n) is 10.3. The molecule has 1 aliphatic heterocycles. The van der Waals surface area contributed by atoms with E-state index in [-0.39, 0.29) is 11.7 Å². The van der Waals surface area contributed by atoms with E-state index in [1.54, 1.807) is 18.2 Å². The lowest BCUT2D eigenvalue weighted by atomic mass is 9.93. The Hall–Kier alpha value is -2.73. The van der Waals surface area contributed by atoms with Crippen LogP contribution in [0.25, 0.3) is 10.8 Å². The second kappa shape index (κ2) is 8.56. The van der Waals surface area contributed by atoms with Crippen LogP contribution in [0.3, 0.4) is 0 Å². The van der Waals surface area contributed by atoms with Crippen molar-refractivity contribution in [2.45, 2.75) is 32.6 Å². The predicted octanol–water partition coefficient (Wildman–Crippen LogP) is 5.04. The number of likely N-dealkylation sites (tertiary alicyclic amines) is 1. The average molecular weight is 426 g/mol. The van der Waals surface area contributed by atoms with E-state index in [4.69, 9.17) is 22.7 Å². The third-order valence-corrected chi connectivity index (χ3v) is 6.25. The van der Waals surface area contributed by atoms with Gasteiger partial charge < -0.3 is 10.6 Å². The first-order chi connectivity index (χ1) is 14.5. The molecule has 0 amide bonds. The van der Waals surface area contributed by atoms with Gasteiger partial charge in [-0.2, -0.15) is 5.10 Å². The van der Waals surface area contributed by atoms with Crippen LogP contribution in [0.4, 0.5) is 10.2 Å². The van der Waals surface area contributed by atoms with Gasteiger partial charge in [-0.3, -0.25) is 5.41 Å². The van der Waals surface area contributed by atoms with Crippen LogP contribution in [0.2, 0.25) is 5.02 Å². The number of nitrogens with one attached hydrogen (secondary N) is 1. The van der Waals surface area contributed by atoms with Crippen molar-refractivity contribution in [2.75, 3.05) is 18.8 Å². The molecule has 0 atom stereocenters. The van der Waals surface area contributed by atoms with Gasteiger partial charge >= 0.3 is 0 Å². The zero-order valence-corrected chi connectivity index (χ0v) is 17.7. The summed E-state index contributed by atoms with van der Waals surface area (Å²) in [6, 6.07) is 10.3. The zero-order chi connectivity index (χ0) is 21.3. The maximum absolute atomic E-state index is 14.6. The van der Waals surface area contributed by atoms with E-state index in [2.05, 4.69) is 17.1 Å². The fraction of sp³-hybridized carbons (Fsp3) is 0.348. The van der Waals surface area contributed by atoms with Crippen molar-refractivity contribution in [3.8, 4) is 0 Å². The number of halogens is 2. The lowest BCUT2D eigenvalue weighted by molar-refractivity contribution is 0.260. The molecule has 0 bridgehead atoms. The van der Waals surface area contributed by atoms with E-state index in [0.29, 0.717) is 28.7 Å². The SMILES string of the molecule is CCC1CCN(C(=N)c2cc(Cc3nnc(N)c4ccc(Cl)cc34)ccc2F)CC1. The Balaban J connectivity index is 1.61. The number of anilines is 1. The second-order valence-electron chi connectivity index (χ2n) is 7.90. The maximum Gasteiger partial charge on any atom is 0.153 e. The average Bonchev–Trinajstić information content (AvgIpc) is 2.76. The fourth-order valence-electron chi connectivity index (χ4n) is 4.12. The smallest absolute Gasteiger partial charge is 0.153 e. The predicted molar refractivity (Wildman–Crippen MR) is 120 cm³/mol. The molecule has 0 spiro atoms. The van der Waals surface area contributed by atoms with Crippen LogP contribution in [0.1, 0.15) is 43.0 Å². The Labute approximate surface area is 180 Å². The summed E-state index contributed by atoms with van der Waals surface area (Å²) >= 11 is 6.17. The number of aromatic nitrogens is 2. The van der Waals surface area contributed by atoms with Crippen LogP contribution in [-0.4, -0.2) is 34.0 Å². The third-order valence-electron chi connectivity index (χ3n) is 6.01. The summed E-state index contributed by atoms with van der Waals surface area (Å²) in [5.74, 6) is 0.926. The Kier molecular flexibility index (Phi) is 5.86. The molecule has 4 rings (SSSR count). The van der Waals surface area contributed by atoms with E-state index < -0.39 is 0 Å². The van der Waals surface area contributed by atoms with Crippen LogP contribution in [0.5, 0.6) is 0 Å². The van der Waals surface area contributed by atoms with Crippen molar-refractivity contribution in [3.63, 3.8) is 0 Å². The number of nitrogens with two attached hydrogens (primary N) is 1. The number of hydrogen-bond donors (Lipinski definition) is 2. The summed E-state index contributed by atoms with van der Waals surface area (Å²) < 4.78 is 14.6. The molecule has 1 aromatic heterocycles. The molecular weight excluding hydrogens is 401 g/mol. The summed E-state index contributed by atoms with van der Waals surface area (Å²) in [4.78, 5) is 1.98. The maximum atomic E-state index is 14.6. The summed E-state index contributed by atoms with van der Waals surface area (Å²) in [6.45, 7) is 3.80. The van der Waals surface area contributed by atoms with E-state index in [9.17, 15) is 4.39 Å². The van der Waals surface area contributed by atoms with Crippen molar-refractivity contribution in [3.05, 3.63) is 64.1 Å². The molecule has 2 aromatic carbocycles. The lowest BCUT2D eigenvalue weighted by Crippen LogP contribution is -2.38. The van der Waals surface area contributed by atoms with Gasteiger partial charge in [0, 0.05) is 35.3 Å². The molecule has 3 aromatic rings. The van der Waals surface area contributed by atoms with Crippen molar-refractivity contribution < 1.29 is 4.39 Å². The van der Waals surface area contributed by atoms with Gasteiger partial charge in [0.25, 0.3) is 0 Å². The number of rotatable bonds is 4. The highest BCUT2D eigenvalue weighted by Crippen LogP contribution is 2.27. The largest absolute Gasteiger partial charge is 0.382 e. The molecule has 3 N–H and O–H groups in total. The molecule has 5 nitrogen and oxygen atoms in total. The molecule has 30 heavy (non-hydrogen) atoms. The number of nitrogens with zero attached hydrogens (tertiary/aromatic N) is 3. The first-order valence-corrected chi connectivity index (χ1v) is 10.7. The molecule has 2 heterocycles. The number of piperidine rings is 1.